The lowest BCUT2D eigenvalue weighted by Crippen LogP contribution is -2.37. The molecule has 96 valence electrons. The Morgan fingerprint density at radius 1 is 1.33 bits per heavy atom. The normalized spacial score (nSPS) is 25.2. The molecule has 2 rings (SSSR count). The molecule has 0 amide bonds. The van der Waals surface area contributed by atoms with Crippen LogP contribution in [0.15, 0.2) is 24.3 Å². The largest absolute Gasteiger partial charge is 0.366 e. The highest BCUT2D eigenvalue weighted by atomic mass is 35.5. The molecule has 0 bridgehead atoms. The van der Waals surface area contributed by atoms with Crippen molar-refractivity contribution in [3.63, 3.8) is 0 Å². The van der Waals surface area contributed by atoms with E-state index < -0.39 is 5.54 Å². The number of hydrogen-bond donors (Lipinski definition) is 1. The molecule has 4 heteroatoms. The number of rotatable bonds is 2. The van der Waals surface area contributed by atoms with Gasteiger partial charge in [-0.1, -0.05) is 23.7 Å². The van der Waals surface area contributed by atoms with Gasteiger partial charge in [-0.25, -0.2) is 0 Å². The lowest BCUT2D eigenvalue weighted by Gasteiger charge is -2.28. The molecule has 1 aromatic rings. The minimum atomic E-state index is -0.490. The number of nitrogens with one attached hydrogen (secondary N) is 1. The number of hydrogen-bond acceptors (Lipinski definition) is 3. The summed E-state index contributed by atoms with van der Waals surface area (Å²) in [6.45, 7) is 1.98. The molecule has 1 aromatic carbocycles. The second kappa shape index (κ2) is 5.60. The summed E-state index contributed by atoms with van der Waals surface area (Å²) in [6.07, 6.45) is 2.71. The molecule has 1 aliphatic rings. The molecule has 1 atom stereocenters. The molecule has 0 saturated carbocycles. The average Bonchev–Trinajstić information content (AvgIpc) is 2.56. The van der Waals surface area contributed by atoms with E-state index in [9.17, 15) is 5.26 Å². The average molecular weight is 264 g/mol. The zero-order valence-electron chi connectivity index (χ0n) is 10.6. The molecule has 1 aliphatic heterocycles. The number of likely N-dealkylation sites (tertiary alicyclic amines) is 1. The predicted octanol–water partition coefficient (Wildman–Crippen LogP) is 3.13. The fourth-order valence-electron chi connectivity index (χ4n) is 2.35. The monoisotopic (exact) mass is 263 g/mol. The SMILES string of the molecule is CN1CCCC(C#N)(Nc2ccccc2Cl)CC1. The van der Waals surface area contributed by atoms with E-state index in [0.717, 1.165) is 38.0 Å². The molecule has 0 spiro atoms. The van der Waals surface area contributed by atoms with Crippen LogP contribution in [0.25, 0.3) is 0 Å². The second-order valence-electron chi connectivity index (χ2n) is 4.96. The van der Waals surface area contributed by atoms with Crippen molar-refractivity contribution in [3.8, 4) is 6.07 Å². The van der Waals surface area contributed by atoms with Gasteiger partial charge in [-0.3, -0.25) is 0 Å². The molecule has 1 N–H and O–H groups in total. The van der Waals surface area contributed by atoms with E-state index in [-0.39, 0.29) is 0 Å². The van der Waals surface area contributed by atoms with E-state index in [2.05, 4.69) is 23.3 Å². The molecular formula is C14H18ClN3. The molecule has 1 heterocycles. The predicted molar refractivity (Wildman–Crippen MR) is 74.8 cm³/mol. The van der Waals surface area contributed by atoms with Crippen LogP contribution in [0, 0.1) is 11.3 Å². The standard InChI is InChI=1S/C14H18ClN3/c1-18-9-4-7-14(11-16,8-10-18)17-13-6-3-2-5-12(13)15/h2-3,5-6,17H,4,7-10H2,1H3. The van der Waals surface area contributed by atoms with Gasteiger partial charge in [0.15, 0.2) is 0 Å². The lowest BCUT2D eigenvalue weighted by molar-refractivity contribution is 0.345. The summed E-state index contributed by atoms with van der Waals surface area (Å²) in [4.78, 5) is 2.27. The Hall–Kier alpha value is -1.24. The first-order valence-corrected chi connectivity index (χ1v) is 6.65. The second-order valence-corrected chi connectivity index (χ2v) is 5.36. The fraction of sp³-hybridized carbons (Fsp3) is 0.500. The molecule has 3 nitrogen and oxygen atoms in total. The first-order chi connectivity index (χ1) is 8.65. The van der Waals surface area contributed by atoms with E-state index in [1.807, 2.05) is 24.3 Å². The summed E-state index contributed by atoms with van der Waals surface area (Å²) < 4.78 is 0. The van der Waals surface area contributed by atoms with Crippen molar-refractivity contribution in [2.75, 3.05) is 25.5 Å². The van der Waals surface area contributed by atoms with Crippen LogP contribution in [0.1, 0.15) is 19.3 Å². The Kier molecular flexibility index (Phi) is 4.11. The summed E-state index contributed by atoms with van der Waals surface area (Å²) in [7, 11) is 2.10. The van der Waals surface area contributed by atoms with Crippen LogP contribution in [-0.4, -0.2) is 30.6 Å². The first kappa shape index (κ1) is 13.2. The Morgan fingerprint density at radius 2 is 2.11 bits per heavy atom. The summed E-state index contributed by atoms with van der Waals surface area (Å²) >= 11 is 6.15. The van der Waals surface area contributed by atoms with Gasteiger partial charge in [0.1, 0.15) is 5.54 Å². The van der Waals surface area contributed by atoms with Gasteiger partial charge < -0.3 is 10.2 Å². The zero-order chi connectivity index (χ0) is 13.0. The van der Waals surface area contributed by atoms with Crippen LogP contribution in [0.2, 0.25) is 5.02 Å². The van der Waals surface area contributed by atoms with Crippen LogP contribution >= 0.6 is 11.6 Å². The third kappa shape index (κ3) is 2.95. The Bertz CT molecular complexity index is 455. The van der Waals surface area contributed by atoms with E-state index in [1.165, 1.54) is 0 Å². The third-order valence-corrected chi connectivity index (χ3v) is 3.86. The molecule has 0 aromatic heterocycles. The Balaban J connectivity index is 2.18. The minimum absolute atomic E-state index is 0.490. The van der Waals surface area contributed by atoms with E-state index in [4.69, 9.17) is 11.6 Å². The van der Waals surface area contributed by atoms with Crippen LogP contribution < -0.4 is 5.32 Å². The maximum Gasteiger partial charge on any atom is 0.126 e. The fourth-order valence-corrected chi connectivity index (χ4v) is 2.54. The number of anilines is 1. The van der Waals surface area contributed by atoms with E-state index >= 15 is 0 Å². The van der Waals surface area contributed by atoms with Crippen molar-refractivity contribution in [2.24, 2.45) is 0 Å². The van der Waals surface area contributed by atoms with Crippen LogP contribution in [0.3, 0.4) is 0 Å². The van der Waals surface area contributed by atoms with Gasteiger partial charge in [0, 0.05) is 6.54 Å². The first-order valence-electron chi connectivity index (χ1n) is 6.28. The Morgan fingerprint density at radius 3 is 2.83 bits per heavy atom. The number of halogens is 1. The van der Waals surface area contributed by atoms with Crippen molar-refractivity contribution >= 4 is 17.3 Å². The van der Waals surface area contributed by atoms with Crippen molar-refractivity contribution in [1.82, 2.24) is 4.90 Å². The molecule has 1 fully saturated rings. The van der Waals surface area contributed by atoms with Gasteiger partial charge in [-0.15, -0.1) is 0 Å². The van der Waals surface area contributed by atoms with Crippen molar-refractivity contribution < 1.29 is 0 Å². The summed E-state index contributed by atoms with van der Waals surface area (Å²) in [5.74, 6) is 0. The summed E-state index contributed by atoms with van der Waals surface area (Å²) in [5.41, 5.74) is 0.362. The maximum absolute atomic E-state index is 9.53. The van der Waals surface area contributed by atoms with Crippen LogP contribution in [-0.2, 0) is 0 Å². The number of para-hydroxylation sites is 1. The van der Waals surface area contributed by atoms with Crippen molar-refractivity contribution in [3.05, 3.63) is 29.3 Å². The molecule has 0 radical (unpaired) electrons. The van der Waals surface area contributed by atoms with Gasteiger partial charge in [0.2, 0.25) is 0 Å². The van der Waals surface area contributed by atoms with Gasteiger partial charge >= 0.3 is 0 Å². The van der Waals surface area contributed by atoms with Crippen LogP contribution in [0.5, 0.6) is 0 Å². The molecule has 1 unspecified atom stereocenters. The highest BCUT2D eigenvalue weighted by Crippen LogP contribution is 2.30. The number of nitrogens with zero attached hydrogens (tertiary/aromatic N) is 2. The van der Waals surface area contributed by atoms with E-state index in [0.29, 0.717) is 5.02 Å². The Labute approximate surface area is 113 Å². The highest BCUT2D eigenvalue weighted by Gasteiger charge is 2.32. The lowest BCUT2D eigenvalue weighted by atomic mass is 9.92. The maximum atomic E-state index is 9.53. The van der Waals surface area contributed by atoms with Gasteiger partial charge in [-0.05, 0) is 45.0 Å². The summed E-state index contributed by atoms with van der Waals surface area (Å²) in [5, 5.41) is 13.6. The summed E-state index contributed by atoms with van der Waals surface area (Å²) in [6, 6.07) is 10.1. The van der Waals surface area contributed by atoms with Gasteiger partial charge in [0.05, 0.1) is 16.8 Å². The third-order valence-electron chi connectivity index (χ3n) is 3.53. The highest BCUT2D eigenvalue weighted by molar-refractivity contribution is 6.33. The molecule has 1 saturated heterocycles. The quantitative estimate of drug-likeness (QED) is 0.891. The minimum Gasteiger partial charge on any atom is -0.366 e. The van der Waals surface area contributed by atoms with Crippen LogP contribution in [0.4, 0.5) is 5.69 Å². The van der Waals surface area contributed by atoms with Gasteiger partial charge in [-0.2, -0.15) is 5.26 Å². The topological polar surface area (TPSA) is 39.1 Å². The van der Waals surface area contributed by atoms with Crippen molar-refractivity contribution in [2.45, 2.75) is 24.8 Å². The molecule has 18 heavy (non-hydrogen) atoms. The van der Waals surface area contributed by atoms with Gasteiger partial charge in [0.25, 0.3) is 0 Å². The molecular weight excluding hydrogens is 246 g/mol. The molecule has 0 aliphatic carbocycles. The van der Waals surface area contributed by atoms with Crippen molar-refractivity contribution in [1.29, 1.82) is 5.26 Å². The van der Waals surface area contributed by atoms with E-state index in [1.54, 1.807) is 0 Å². The number of nitriles is 1. The smallest absolute Gasteiger partial charge is 0.126 e. The zero-order valence-corrected chi connectivity index (χ0v) is 11.4. The number of benzene rings is 1.